The summed E-state index contributed by atoms with van der Waals surface area (Å²) in [7, 11) is 0. The first-order valence-corrected chi connectivity index (χ1v) is 12.9. The molecule has 1 unspecified atom stereocenters. The standard InChI is InChI=1S/C27H30ClN7O3/c1-27(2,3)38-26(36)34-12-6-7-17(14-34)22-23-24(25(29)32-16-31-23)35(33-22)19-9-10-21(20(28)13-19)37-15-18-8-4-5-11-30-18/h4-5,8-11,13,16-17H,6-7,12,14-15H2,1-3H3,(H2,29,31,32). The van der Waals surface area contributed by atoms with Crippen LogP contribution in [0.4, 0.5) is 10.6 Å². The number of halogens is 1. The van der Waals surface area contributed by atoms with Gasteiger partial charge in [0.25, 0.3) is 0 Å². The number of carbonyl (C=O) groups excluding carboxylic acids is 1. The molecule has 1 aliphatic rings. The van der Waals surface area contributed by atoms with Crippen molar-refractivity contribution >= 4 is 34.5 Å². The van der Waals surface area contributed by atoms with Gasteiger partial charge < -0.3 is 20.1 Å². The SMILES string of the molecule is CC(C)(C)OC(=O)N1CCCC(c2nn(-c3ccc(OCc4ccccn4)c(Cl)c3)c3c(N)ncnc23)C1. The Morgan fingerprint density at radius 2 is 2.03 bits per heavy atom. The van der Waals surface area contributed by atoms with Gasteiger partial charge in [0.15, 0.2) is 5.82 Å². The van der Waals surface area contributed by atoms with Crippen molar-refractivity contribution in [3.63, 3.8) is 0 Å². The molecule has 1 saturated heterocycles. The number of nitrogens with zero attached hydrogens (tertiary/aromatic N) is 6. The summed E-state index contributed by atoms with van der Waals surface area (Å²) in [4.78, 5) is 27.5. The third kappa shape index (κ3) is 5.50. The van der Waals surface area contributed by atoms with Crippen molar-refractivity contribution in [2.75, 3.05) is 18.8 Å². The second kappa shape index (κ2) is 10.4. The zero-order chi connectivity index (χ0) is 26.9. The molecule has 0 radical (unpaired) electrons. The molecule has 5 rings (SSSR count). The Balaban J connectivity index is 1.44. The van der Waals surface area contributed by atoms with Crippen LogP contribution in [-0.2, 0) is 11.3 Å². The smallest absolute Gasteiger partial charge is 0.410 e. The van der Waals surface area contributed by atoms with Crippen molar-refractivity contribution in [2.45, 2.75) is 51.7 Å². The number of benzene rings is 1. The molecule has 1 atom stereocenters. The first-order chi connectivity index (χ1) is 18.2. The number of ether oxygens (including phenoxy) is 2. The van der Waals surface area contributed by atoms with E-state index in [9.17, 15) is 4.79 Å². The average Bonchev–Trinajstić information content (AvgIpc) is 3.29. The highest BCUT2D eigenvalue weighted by Crippen LogP contribution is 2.35. The Hall–Kier alpha value is -3.92. The molecule has 11 heteroatoms. The van der Waals surface area contributed by atoms with Crippen LogP contribution in [0.2, 0.25) is 5.02 Å². The van der Waals surface area contributed by atoms with Gasteiger partial charge in [-0.05, 0) is 63.9 Å². The number of anilines is 1. The molecule has 0 spiro atoms. The van der Waals surface area contributed by atoms with E-state index in [4.69, 9.17) is 31.9 Å². The number of nitrogen functional groups attached to an aromatic ring is 1. The molecule has 1 fully saturated rings. The van der Waals surface area contributed by atoms with Gasteiger partial charge in [-0.2, -0.15) is 5.10 Å². The Labute approximate surface area is 225 Å². The lowest BCUT2D eigenvalue weighted by molar-refractivity contribution is 0.0197. The van der Waals surface area contributed by atoms with Gasteiger partial charge in [-0.25, -0.2) is 19.4 Å². The van der Waals surface area contributed by atoms with Crippen LogP contribution in [0.3, 0.4) is 0 Å². The number of pyridine rings is 1. The minimum Gasteiger partial charge on any atom is -0.486 e. The molecule has 3 aromatic heterocycles. The summed E-state index contributed by atoms with van der Waals surface area (Å²) in [6.45, 7) is 7.00. The fourth-order valence-corrected chi connectivity index (χ4v) is 4.75. The molecule has 1 aliphatic heterocycles. The second-order valence-corrected chi connectivity index (χ2v) is 10.7. The first kappa shape index (κ1) is 25.7. The minimum atomic E-state index is -0.563. The topological polar surface area (TPSA) is 121 Å². The number of amides is 1. The van der Waals surface area contributed by atoms with E-state index in [2.05, 4.69) is 15.0 Å². The van der Waals surface area contributed by atoms with Gasteiger partial charge in [-0.15, -0.1) is 0 Å². The number of hydrogen-bond donors (Lipinski definition) is 1. The summed E-state index contributed by atoms with van der Waals surface area (Å²) >= 11 is 6.59. The third-order valence-electron chi connectivity index (χ3n) is 6.23. The molecule has 0 saturated carbocycles. The lowest BCUT2D eigenvalue weighted by atomic mass is 9.94. The molecular weight excluding hydrogens is 506 g/mol. The van der Waals surface area contributed by atoms with Crippen molar-refractivity contribution < 1.29 is 14.3 Å². The van der Waals surface area contributed by atoms with Crippen molar-refractivity contribution in [1.29, 1.82) is 0 Å². The number of hydrogen-bond acceptors (Lipinski definition) is 8. The van der Waals surface area contributed by atoms with Crippen LogP contribution >= 0.6 is 11.6 Å². The molecule has 38 heavy (non-hydrogen) atoms. The lowest BCUT2D eigenvalue weighted by Crippen LogP contribution is -2.42. The molecule has 1 aromatic carbocycles. The van der Waals surface area contributed by atoms with Crippen molar-refractivity contribution in [3.05, 3.63) is 65.3 Å². The maximum absolute atomic E-state index is 12.8. The number of nitrogens with two attached hydrogens (primary N) is 1. The molecule has 198 valence electrons. The summed E-state index contributed by atoms with van der Waals surface area (Å²) in [5.41, 5.74) is 9.23. The summed E-state index contributed by atoms with van der Waals surface area (Å²) in [6.07, 6.45) is 4.51. The van der Waals surface area contributed by atoms with Crippen molar-refractivity contribution in [3.8, 4) is 11.4 Å². The molecule has 4 heterocycles. The Morgan fingerprint density at radius 3 is 2.76 bits per heavy atom. The van der Waals surface area contributed by atoms with Crippen LogP contribution in [0.25, 0.3) is 16.7 Å². The zero-order valence-electron chi connectivity index (χ0n) is 21.6. The molecule has 10 nitrogen and oxygen atoms in total. The normalized spacial score (nSPS) is 16.0. The second-order valence-electron chi connectivity index (χ2n) is 10.2. The summed E-state index contributed by atoms with van der Waals surface area (Å²) in [5, 5.41) is 5.35. The highest BCUT2D eigenvalue weighted by Gasteiger charge is 2.32. The monoisotopic (exact) mass is 535 g/mol. The summed E-state index contributed by atoms with van der Waals surface area (Å²) < 4.78 is 13.2. The van der Waals surface area contributed by atoms with E-state index in [-0.39, 0.29) is 12.0 Å². The fourth-order valence-electron chi connectivity index (χ4n) is 4.52. The molecule has 0 bridgehead atoms. The number of carbonyl (C=O) groups is 1. The Bertz CT molecular complexity index is 1450. The molecular formula is C27H30ClN7O3. The van der Waals surface area contributed by atoms with Crippen LogP contribution < -0.4 is 10.5 Å². The van der Waals surface area contributed by atoms with Gasteiger partial charge in [-0.1, -0.05) is 17.7 Å². The predicted molar refractivity (Wildman–Crippen MR) is 144 cm³/mol. The quantitative estimate of drug-likeness (QED) is 0.373. The fraction of sp³-hybridized carbons (Fsp3) is 0.370. The van der Waals surface area contributed by atoms with Gasteiger partial charge in [0.1, 0.15) is 35.3 Å². The summed E-state index contributed by atoms with van der Waals surface area (Å²) in [6, 6.07) is 11.1. The minimum absolute atomic E-state index is 0.0363. The van der Waals surface area contributed by atoms with E-state index >= 15 is 0 Å². The lowest BCUT2D eigenvalue weighted by Gasteiger charge is -2.33. The van der Waals surface area contributed by atoms with Crippen LogP contribution in [0, 0.1) is 0 Å². The average molecular weight is 536 g/mol. The van der Waals surface area contributed by atoms with Crippen molar-refractivity contribution in [2.24, 2.45) is 0 Å². The van der Waals surface area contributed by atoms with Gasteiger partial charge in [0.05, 0.1) is 22.1 Å². The Morgan fingerprint density at radius 1 is 1.18 bits per heavy atom. The largest absolute Gasteiger partial charge is 0.486 e. The van der Waals surface area contributed by atoms with Gasteiger partial charge >= 0.3 is 6.09 Å². The highest BCUT2D eigenvalue weighted by molar-refractivity contribution is 6.32. The Kier molecular flexibility index (Phi) is 7.07. The zero-order valence-corrected chi connectivity index (χ0v) is 22.4. The van der Waals surface area contributed by atoms with E-state index in [0.717, 1.165) is 24.2 Å². The van der Waals surface area contributed by atoms with Crippen LogP contribution in [0.5, 0.6) is 5.75 Å². The van der Waals surface area contributed by atoms with Crippen molar-refractivity contribution in [1.82, 2.24) is 29.6 Å². The van der Waals surface area contributed by atoms with E-state index in [1.165, 1.54) is 6.33 Å². The number of likely N-dealkylation sites (tertiary alicyclic amines) is 1. The number of rotatable bonds is 5. The maximum Gasteiger partial charge on any atom is 0.410 e. The highest BCUT2D eigenvalue weighted by atomic mass is 35.5. The molecule has 2 N–H and O–H groups in total. The number of aromatic nitrogens is 5. The van der Waals surface area contributed by atoms with Crippen LogP contribution in [-0.4, -0.2) is 54.4 Å². The molecule has 1 amide bonds. The summed E-state index contributed by atoms with van der Waals surface area (Å²) in [5.74, 6) is 0.799. The van der Waals surface area contributed by atoms with E-state index in [0.29, 0.717) is 53.0 Å². The van der Waals surface area contributed by atoms with Gasteiger partial charge in [0.2, 0.25) is 0 Å². The van der Waals surface area contributed by atoms with E-state index in [1.807, 2.05) is 45.0 Å². The van der Waals surface area contributed by atoms with E-state index in [1.54, 1.807) is 27.9 Å². The van der Waals surface area contributed by atoms with Gasteiger partial charge in [0, 0.05) is 25.2 Å². The maximum atomic E-state index is 12.8. The van der Waals surface area contributed by atoms with Crippen LogP contribution in [0.15, 0.2) is 48.9 Å². The van der Waals surface area contributed by atoms with Crippen LogP contribution in [0.1, 0.15) is 50.9 Å². The molecule has 0 aliphatic carbocycles. The first-order valence-electron chi connectivity index (χ1n) is 12.5. The molecule has 4 aromatic rings. The van der Waals surface area contributed by atoms with E-state index < -0.39 is 5.60 Å². The predicted octanol–water partition coefficient (Wildman–Crippen LogP) is 5.14. The third-order valence-corrected chi connectivity index (χ3v) is 6.53. The number of fused-ring (bicyclic) bond motifs is 1. The van der Waals surface area contributed by atoms with Gasteiger partial charge in [-0.3, -0.25) is 4.98 Å². The number of piperidine rings is 1.